The van der Waals surface area contributed by atoms with E-state index >= 15 is 0 Å². The minimum atomic E-state index is -3.00. The lowest BCUT2D eigenvalue weighted by Gasteiger charge is -2.38. The van der Waals surface area contributed by atoms with E-state index in [1.807, 2.05) is 0 Å². The van der Waals surface area contributed by atoms with E-state index in [1.54, 1.807) is 20.8 Å². The van der Waals surface area contributed by atoms with Crippen LogP contribution < -0.4 is 0 Å². The maximum Gasteiger partial charge on any atom is 0.410 e. The van der Waals surface area contributed by atoms with Crippen molar-refractivity contribution in [2.45, 2.75) is 45.1 Å². The molecule has 0 aromatic heterocycles. The molecular weight excluding hydrogens is 307 g/mol. The number of benzene rings is 1. The highest BCUT2D eigenvalue weighted by Crippen LogP contribution is 2.35. The molecule has 23 heavy (non-hydrogen) atoms. The average molecular weight is 329 g/mol. The van der Waals surface area contributed by atoms with Crippen LogP contribution in [0.4, 0.5) is 18.0 Å². The van der Waals surface area contributed by atoms with Crippen LogP contribution in [0.5, 0.6) is 0 Å². The zero-order chi connectivity index (χ0) is 17.3. The Morgan fingerprint density at radius 2 is 1.91 bits per heavy atom. The molecule has 1 fully saturated rings. The van der Waals surface area contributed by atoms with Gasteiger partial charge in [0.2, 0.25) is 0 Å². The Balaban J connectivity index is 1.99. The molecule has 1 unspecified atom stereocenters. The predicted molar refractivity (Wildman–Crippen MR) is 81.0 cm³/mol. The Morgan fingerprint density at radius 1 is 1.30 bits per heavy atom. The summed E-state index contributed by atoms with van der Waals surface area (Å²) >= 11 is 0. The van der Waals surface area contributed by atoms with Crippen LogP contribution in [0.3, 0.4) is 0 Å². The summed E-state index contributed by atoms with van der Waals surface area (Å²) in [6.45, 7) is 4.68. The van der Waals surface area contributed by atoms with Crippen LogP contribution in [-0.2, 0) is 11.2 Å². The third kappa shape index (κ3) is 4.88. The highest BCUT2D eigenvalue weighted by Gasteiger charge is 2.46. The molecule has 3 nitrogen and oxygen atoms in total. The number of amides is 1. The number of hydrogen-bond donors (Lipinski definition) is 0. The number of carbonyl (C=O) groups is 1. The van der Waals surface area contributed by atoms with Crippen molar-refractivity contribution >= 4 is 6.09 Å². The van der Waals surface area contributed by atoms with E-state index < -0.39 is 30.1 Å². The van der Waals surface area contributed by atoms with Gasteiger partial charge < -0.3 is 9.64 Å². The van der Waals surface area contributed by atoms with E-state index in [0.29, 0.717) is 5.56 Å². The number of piperidine rings is 1. The fraction of sp³-hybridized carbons (Fsp3) is 0.588. The number of halogens is 3. The first-order chi connectivity index (χ1) is 10.6. The molecule has 2 rings (SSSR count). The van der Waals surface area contributed by atoms with Crippen molar-refractivity contribution in [2.75, 3.05) is 13.1 Å². The van der Waals surface area contributed by atoms with Crippen molar-refractivity contribution in [1.29, 1.82) is 0 Å². The van der Waals surface area contributed by atoms with Gasteiger partial charge >= 0.3 is 6.09 Å². The molecule has 1 atom stereocenters. The number of alkyl halides is 2. The first-order valence-corrected chi connectivity index (χ1v) is 7.67. The Hall–Kier alpha value is -1.72. The van der Waals surface area contributed by atoms with Crippen molar-refractivity contribution in [1.82, 2.24) is 4.90 Å². The maximum atomic E-state index is 14.4. The summed E-state index contributed by atoms with van der Waals surface area (Å²) in [6.07, 6.45) is -0.364. The molecular formula is C17H22F3NO2. The molecule has 1 aromatic carbocycles. The van der Waals surface area contributed by atoms with Crippen molar-refractivity contribution in [3.05, 3.63) is 35.6 Å². The molecule has 0 bridgehead atoms. The molecule has 1 saturated heterocycles. The van der Waals surface area contributed by atoms with Crippen LogP contribution in [0.25, 0.3) is 0 Å². The SMILES string of the molecule is CC(C)(C)OC(=O)N1CCC(Cc2ccc(F)cc2)C(F)(F)C1. The average Bonchev–Trinajstić information content (AvgIpc) is 2.41. The van der Waals surface area contributed by atoms with Gasteiger partial charge in [-0.2, -0.15) is 0 Å². The first-order valence-electron chi connectivity index (χ1n) is 7.67. The zero-order valence-corrected chi connectivity index (χ0v) is 13.6. The molecule has 0 radical (unpaired) electrons. The van der Waals surface area contributed by atoms with Gasteiger partial charge in [0.05, 0.1) is 6.54 Å². The topological polar surface area (TPSA) is 29.5 Å². The van der Waals surface area contributed by atoms with Gasteiger partial charge in [0.25, 0.3) is 5.92 Å². The lowest BCUT2D eigenvalue weighted by molar-refractivity contribution is -0.110. The lowest BCUT2D eigenvalue weighted by Crippen LogP contribution is -2.52. The molecule has 1 aromatic rings. The van der Waals surface area contributed by atoms with Crippen molar-refractivity contribution in [3.63, 3.8) is 0 Å². The van der Waals surface area contributed by atoms with Crippen LogP contribution in [0.1, 0.15) is 32.8 Å². The second-order valence-corrected chi connectivity index (χ2v) is 6.98. The molecule has 128 valence electrons. The Morgan fingerprint density at radius 3 is 2.43 bits per heavy atom. The third-order valence-electron chi connectivity index (χ3n) is 3.79. The molecule has 1 heterocycles. The molecule has 0 aliphatic carbocycles. The van der Waals surface area contributed by atoms with E-state index in [0.717, 1.165) is 4.90 Å². The van der Waals surface area contributed by atoms with Gasteiger partial charge in [-0.1, -0.05) is 12.1 Å². The Labute approximate surface area is 134 Å². The molecule has 0 saturated carbocycles. The van der Waals surface area contributed by atoms with Gasteiger partial charge in [-0.25, -0.2) is 18.0 Å². The van der Waals surface area contributed by atoms with Gasteiger partial charge in [0.1, 0.15) is 11.4 Å². The summed E-state index contributed by atoms with van der Waals surface area (Å²) in [5.41, 5.74) is -0.0427. The van der Waals surface area contributed by atoms with E-state index in [4.69, 9.17) is 4.74 Å². The number of ether oxygens (including phenoxy) is 1. The molecule has 0 N–H and O–H groups in total. The van der Waals surface area contributed by atoms with E-state index in [1.165, 1.54) is 24.3 Å². The molecule has 1 aliphatic heterocycles. The van der Waals surface area contributed by atoms with E-state index in [-0.39, 0.29) is 25.2 Å². The van der Waals surface area contributed by atoms with E-state index in [2.05, 4.69) is 0 Å². The van der Waals surface area contributed by atoms with Crippen molar-refractivity contribution < 1.29 is 22.7 Å². The quantitative estimate of drug-likeness (QED) is 0.811. The third-order valence-corrected chi connectivity index (χ3v) is 3.79. The Kier molecular flexibility index (Phi) is 4.92. The fourth-order valence-corrected chi connectivity index (χ4v) is 2.62. The zero-order valence-electron chi connectivity index (χ0n) is 13.6. The summed E-state index contributed by atoms with van der Waals surface area (Å²) in [5.74, 6) is -4.25. The van der Waals surface area contributed by atoms with Crippen LogP contribution in [-0.4, -0.2) is 35.6 Å². The largest absolute Gasteiger partial charge is 0.444 e. The highest BCUT2D eigenvalue weighted by atomic mass is 19.3. The second kappa shape index (κ2) is 6.42. The summed E-state index contributed by atoms with van der Waals surface area (Å²) in [5, 5.41) is 0. The van der Waals surface area contributed by atoms with Gasteiger partial charge in [0.15, 0.2) is 0 Å². The summed E-state index contributed by atoms with van der Waals surface area (Å²) < 4.78 is 46.7. The van der Waals surface area contributed by atoms with Crippen molar-refractivity contribution in [3.8, 4) is 0 Å². The number of hydrogen-bond acceptors (Lipinski definition) is 2. The molecule has 0 spiro atoms. The van der Waals surface area contributed by atoms with Crippen LogP contribution in [0.2, 0.25) is 0 Å². The fourth-order valence-electron chi connectivity index (χ4n) is 2.62. The monoisotopic (exact) mass is 329 g/mol. The van der Waals surface area contributed by atoms with Crippen LogP contribution >= 0.6 is 0 Å². The van der Waals surface area contributed by atoms with Gasteiger partial charge in [-0.3, -0.25) is 0 Å². The first kappa shape index (κ1) is 17.6. The van der Waals surface area contributed by atoms with Crippen molar-refractivity contribution in [2.24, 2.45) is 5.92 Å². The van der Waals surface area contributed by atoms with Gasteiger partial charge in [-0.15, -0.1) is 0 Å². The number of carbonyl (C=O) groups excluding carboxylic acids is 1. The minimum absolute atomic E-state index is 0.162. The maximum absolute atomic E-state index is 14.4. The summed E-state index contributed by atoms with van der Waals surface area (Å²) in [7, 11) is 0. The standard InChI is InChI=1S/C17H22F3NO2/c1-16(2,3)23-15(22)21-9-8-13(17(19,20)11-21)10-12-4-6-14(18)7-5-12/h4-7,13H,8-11H2,1-3H3. The minimum Gasteiger partial charge on any atom is -0.444 e. The highest BCUT2D eigenvalue weighted by molar-refractivity contribution is 5.68. The lowest BCUT2D eigenvalue weighted by atomic mass is 9.87. The smallest absolute Gasteiger partial charge is 0.410 e. The summed E-state index contributed by atoms with van der Waals surface area (Å²) in [4.78, 5) is 13.0. The molecule has 1 aliphatic rings. The molecule has 1 amide bonds. The summed E-state index contributed by atoms with van der Waals surface area (Å²) in [6, 6.07) is 5.57. The molecule has 6 heteroatoms. The van der Waals surface area contributed by atoms with Gasteiger partial charge in [0, 0.05) is 12.5 Å². The Bertz CT molecular complexity index is 552. The number of likely N-dealkylation sites (tertiary alicyclic amines) is 1. The van der Waals surface area contributed by atoms with Gasteiger partial charge in [-0.05, 0) is 51.3 Å². The number of nitrogens with zero attached hydrogens (tertiary/aromatic N) is 1. The van der Waals surface area contributed by atoms with E-state index in [9.17, 15) is 18.0 Å². The normalized spacial score (nSPS) is 21.1. The van der Waals surface area contributed by atoms with Crippen LogP contribution in [0, 0.1) is 11.7 Å². The number of rotatable bonds is 2. The van der Waals surface area contributed by atoms with Crippen LogP contribution in [0.15, 0.2) is 24.3 Å². The predicted octanol–water partition coefficient (Wildman–Crippen LogP) is 4.26. The second-order valence-electron chi connectivity index (χ2n) is 6.98.